The maximum atomic E-state index is 12.6. The molecule has 2 unspecified atom stereocenters. The number of carbonyl (C=O) groups excluding carboxylic acids is 1. The van der Waals surface area contributed by atoms with Gasteiger partial charge in [-0.2, -0.15) is 0 Å². The summed E-state index contributed by atoms with van der Waals surface area (Å²) in [5, 5.41) is 0. The van der Waals surface area contributed by atoms with Crippen molar-refractivity contribution in [3.8, 4) is 0 Å². The molecule has 0 rings (SSSR count). The summed E-state index contributed by atoms with van der Waals surface area (Å²) in [5.41, 5.74) is 0. The van der Waals surface area contributed by atoms with Crippen LogP contribution in [0.3, 0.4) is 0 Å². The minimum atomic E-state index is -4.53. The number of quaternary nitrogens is 1. The molecular formula is C45H86NO7P. The third kappa shape index (κ3) is 41.9. The van der Waals surface area contributed by atoms with Gasteiger partial charge in [-0.3, -0.25) is 9.36 Å². The lowest BCUT2D eigenvalue weighted by Gasteiger charge is -2.28. The van der Waals surface area contributed by atoms with Gasteiger partial charge in [-0.05, 0) is 64.2 Å². The van der Waals surface area contributed by atoms with Crippen LogP contribution in [0.4, 0.5) is 0 Å². The average molecular weight is 784 g/mol. The van der Waals surface area contributed by atoms with Crippen LogP contribution in [0, 0.1) is 0 Å². The van der Waals surface area contributed by atoms with Crippen LogP contribution in [0.15, 0.2) is 36.5 Å². The number of esters is 1. The molecule has 0 aromatic carbocycles. The Morgan fingerprint density at radius 3 is 1.59 bits per heavy atom. The number of hydrogen-bond acceptors (Lipinski definition) is 7. The molecule has 0 amide bonds. The fourth-order valence-electron chi connectivity index (χ4n) is 5.93. The molecule has 9 heteroatoms. The number of nitrogens with zero attached hydrogens (tertiary/aromatic N) is 1. The summed E-state index contributed by atoms with van der Waals surface area (Å²) >= 11 is 0. The Morgan fingerprint density at radius 2 is 1.06 bits per heavy atom. The van der Waals surface area contributed by atoms with Gasteiger partial charge < -0.3 is 27.9 Å². The van der Waals surface area contributed by atoms with Crippen LogP contribution in [0.5, 0.6) is 0 Å². The standard InChI is InChI=1S/C45H86NO7P/c1-6-8-10-12-14-16-18-20-21-22-23-24-25-27-29-31-33-35-37-40-50-42-44(43-52-54(48,49)51-41-39-46(3,4)5)53-45(47)38-36-34-32-30-28-26-19-17-15-13-11-9-7-2/h11,13,17,19,21-22,44H,6-10,12,14-16,18,20,23-43H2,1-5H3/b13-11-,19-17-,22-21-. The molecule has 0 aromatic heterocycles. The maximum absolute atomic E-state index is 12.6. The normalized spacial score (nSPS) is 14.1. The lowest BCUT2D eigenvalue weighted by Crippen LogP contribution is -2.37. The fraction of sp³-hybridized carbons (Fsp3) is 0.844. The molecule has 8 nitrogen and oxygen atoms in total. The zero-order valence-corrected chi connectivity index (χ0v) is 36.8. The number of hydrogen-bond donors (Lipinski definition) is 0. The number of likely N-dealkylation sites (N-methyl/N-ethyl adjacent to an activating group) is 1. The van der Waals surface area contributed by atoms with Crippen LogP contribution in [0.25, 0.3) is 0 Å². The molecule has 0 bridgehead atoms. The molecule has 0 aliphatic rings. The van der Waals surface area contributed by atoms with Crippen molar-refractivity contribution in [1.29, 1.82) is 0 Å². The molecule has 0 aliphatic carbocycles. The molecule has 0 aliphatic heterocycles. The highest BCUT2D eigenvalue weighted by Crippen LogP contribution is 2.38. The number of phosphoric ester groups is 1. The van der Waals surface area contributed by atoms with E-state index in [-0.39, 0.29) is 25.8 Å². The largest absolute Gasteiger partial charge is 0.756 e. The zero-order chi connectivity index (χ0) is 39.9. The van der Waals surface area contributed by atoms with Crippen molar-refractivity contribution in [2.45, 2.75) is 193 Å². The van der Waals surface area contributed by atoms with Crippen LogP contribution in [-0.4, -0.2) is 70.7 Å². The number of ether oxygens (including phenoxy) is 2. The van der Waals surface area contributed by atoms with E-state index in [1.54, 1.807) is 0 Å². The highest BCUT2D eigenvalue weighted by molar-refractivity contribution is 7.45. The molecule has 0 N–H and O–H groups in total. The van der Waals surface area contributed by atoms with Crippen LogP contribution in [0.2, 0.25) is 0 Å². The van der Waals surface area contributed by atoms with Gasteiger partial charge in [-0.1, -0.05) is 153 Å². The van der Waals surface area contributed by atoms with Crippen LogP contribution >= 0.6 is 7.82 Å². The average Bonchev–Trinajstić information content (AvgIpc) is 3.12. The Balaban J connectivity index is 4.21. The molecule has 0 saturated carbocycles. The number of rotatable bonds is 41. The van der Waals surface area contributed by atoms with E-state index in [1.807, 2.05) is 21.1 Å². The summed E-state index contributed by atoms with van der Waals surface area (Å²) in [5.74, 6) is -0.350. The Labute approximate surface area is 334 Å². The number of phosphoric acid groups is 1. The molecule has 2 atom stereocenters. The van der Waals surface area contributed by atoms with Gasteiger partial charge in [0.2, 0.25) is 0 Å². The molecule has 54 heavy (non-hydrogen) atoms. The molecule has 0 aromatic rings. The third-order valence-corrected chi connectivity index (χ3v) is 10.4. The Morgan fingerprint density at radius 1 is 0.574 bits per heavy atom. The summed E-state index contributed by atoms with van der Waals surface area (Å²) < 4.78 is 34.6. The molecule has 0 radical (unpaired) electrons. The first-order chi connectivity index (χ1) is 26.1. The van der Waals surface area contributed by atoms with Gasteiger partial charge in [0.1, 0.15) is 19.3 Å². The van der Waals surface area contributed by atoms with Gasteiger partial charge in [-0.25, -0.2) is 0 Å². The minimum absolute atomic E-state index is 0.0225. The van der Waals surface area contributed by atoms with E-state index in [0.717, 1.165) is 64.2 Å². The number of allylic oxidation sites excluding steroid dienone is 6. The van der Waals surface area contributed by atoms with Crippen LogP contribution in [-0.2, 0) is 27.9 Å². The molecule has 0 heterocycles. The number of unbranched alkanes of at least 4 members (excludes halogenated alkanes) is 21. The monoisotopic (exact) mass is 784 g/mol. The van der Waals surface area contributed by atoms with Crippen molar-refractivity contribution >= 4 is 13.8 Å². The first kappa shape index (κ1) is 52.7. The van der Waals surface area contributed by atoms with Crippen molar-refractivity contribution < 1.29 is 37.3 Å². The summed E-state index contributed by atoms with van der Waals surface area (Å²) in [4.78, 5) is 25.0. The lowest BCUT2D eigenvalue weighted by molar-refractivity contribution is -0.870. The Kier molecular flexibility index (Phi) is 37.7. The predicted octanol–water partition coefficient (Wildman–Crippen LogP) is 12.4. The van der Waals surface area contributed by atoms with Gasteiger partial charge in [-0.15, -0.1) is 0 Å². The predicted molar refractivity (Wildman–Crippen MR) is 227 cm³/mol. The van der Waals surface area contributed by atoms with Crippen molar-refractivity contribution in [2.75, 3.05) is 54.1 Å². The van der Waals surface area contributed by atoms with E-state index >= 15 is 0 Å². The molecular weight excluding hydrogens is 697 g/mol. The highest BCUT2D eigenvalue weighted by Gasteiger charge is 2.20. The van der Waals surface area contributed by atoms with E-state index in [9.17, 15) is 14.3 Å². The summed E-state index contributed by atoms with van der Waals surface area (Å²) in [6.45, 7) is 5.33. The highest BCUT2D eigenvalue weighted by atomic mass is 31.2. The van der Waals surface area contributed by atoms with Crippen LogP contribution in [0.1, 0.15) is 187 Å². The molecule has 0 spiro atoms. The van der Waals surface area contributed by atoms with Crippen molar-refractivity contribution in [1.82, 2.24) is 0 Å². The third-order valence-electron chi connectivity index (χ3n) is 9.39. The maximum Gasteiger partial charge on any atom is 0.306 e. The van der Waals surface area contributed by atoms with Crippen LogP contribution < -0.4 is 4.89 Å². The van der Waals surface area contributed by atoms with E-state index in [1.165, 1.54) is 103 Å². The molecule has 0 saturated heterocycles. The van der Waals surface area contributed by atoms with Gasteiger partial charge in [0.25, 0.3) is 7.82 Å². The van der Waals surface area contributed by atoms with Crippen molar-refractivity contribution in [2.24, 2.45) is 0 Å². The first-order valence-electron chi connectivity index (χ1n) is 22.2. The molecule has 0 fully saturated rings. The van der Waals surface area contributed by atoms with E-state index < -0.39 is 13.9 Å². The lowest BCUT2D eigenvalue weighted by atomic mass is 10.1. The summed E-state index contributed by atoms with van der Waals surface area (Å²) in [6.07, 6.45) is 44.4. The van der Waals surface area contributed by atoms with E-state index in [0.29, 0.717) is 24.1 Å². The number of carbonyl (C=O) groups is 1. The smallest absolute Gasteiger partial charge is 0.306 e. The Hall–Kier alpha value is -1.28. The quantitative estimate of drug-likeness (QED) is 0.0200. The fourth-order valence-corrected chi connectivity index (χ4v) is 6.66. The second kappa shape index (κ2) is 38.6. The summed E-state index contributed by atoms with van der Waals surface area (Å²) in [7, 11) is 1.34. The van der Waals surface area contributed by atoms with E-state index in [2.05, 4.69) is 50.3 Å². The Bertz CT molecular complexity index is 962. The van der Waals surface area contributed by atoms with Gasteiger partial charge in [0.15, 0.2) is 0 Å². The van der Waals surface area contributed by atoms with Crippen molar-refractivity contribution in [3.63, 3.8) is 0 Å². The van der Waals surface area contributed by atoms with Gasteiger partial charge >= 0.3 is 5.97 Å². The van der Waals surface area contributed by atoms with E-state index in [4.69, 9.17) is 18.5 Å². The van der Waals surface area contributed by atoms with Gasteiger partial charge in [0.05, 0.1) is 34.4 Å². The van der Waals surface area contributed by atoms with Gasteiger partial charge in [0, 0.05) is 13.0 Å². The first-order valence-corrected chi connectivity index (χ1v) is 23.7. The SMILES string of the molecule is CCC/C=C\C/C=C\CCCCCCCC(=O)OC(COCCCCCCCCCC/C=C\CCCCCCCCC)COP(=O)([O-])OCC[N+](C)(C)C. The second-order valence-electron chi connectivity index (χ2n) is 16.0. The molecule has 318 valence electrons. The second-order valence-corrected chi connectivity index (χ2v) is 17.5. The summed E-state index contributed by atoms with van der Waals surface area (Å²) in [6, 6.07) is 0. The minimum Gasteiger partial charge on any atom is -0.756 e. The van der Waals surface area contributed by atoms with Crippen molar-refractivity contribution in [3.05, 3.63) is 36.5 Å². The zero-order valence-electron chi connectivity index (χ0n) is 35.9. The topological polar surface area (TPSA) is 94.1 Å².